The zero-order valence-electron chi connectivity index (χ0n) is 9.17. The lowest BCUT2D eigenvalue weighted by molar-refractivity contribution is 0.199. The third-order valence-electron chi connectivity index (χ3n) is 2.56. The Morgan fingerprint density at radius 3 is 2.44 bits per heavy atom. The Bertz CT molecular complexity index is 457. The number of hydrogen-bond donors (Lipinski definition) is 2. The first-order valence-corrected chi connectivity index (χ1v) is 5.27. The number of aromatic nitrogens is 1. The van der Waals surface area contributed by atoms with E-state index in [2.05, 4.69) is 0 Å². The molecule has 1 heterocycles. The second kappa shape index (κ2) is 4.41. The van der Waals surface area contributed by atoms with Gasteiger partial charge in [-0.25, -0.2) is 0 Å². The molecule has 2 rings (SSSR count). The van der Waals surface area contributed by atoms with Crippen molar-refractivity contribution in [3.63, 3.8) is 0 Å². The molecule has 1 unspecified atom stereocenters. The predicted octanol–water partition coefficient (Wildman–Crippen LogP) is 2.30. The van der Waals surface area contributed by atoms with Gasteiger partial charge < -0.3 is 14.8 Å². The Balaban J connectivity index is 2.11. The van der Waals surface area contributed by atoms with Gasteiger partial charge in [-0.15, -0.1) is 0 Å². The number of rotatable bonds is 3. The van der Waals surface area contributed by atoms with Crippen molar-refractivity contribution in [1.29, 1.82) is 0 Å². The van der Waals surface area contributed by atoms with E-state index in [1.165, 1.54) is 0 Å². The van der Waals surface area contributed by atoms with Crippen molar-refractivity contribution in [3.05, 3.63) is 53.9 Å². The first kappa shape index (κ1) is 10.8. The smallest absolute Gasteiger partial charge is 0.115 e. The highest BCUT2D eigenvalue weighted by Crippen LogP contribution is 2.14. The number of nitrogens with zero attached hydrogens (tertiary/aromatic N) is 1. The van der Waals surface area contributed by atoms with Crippen LogP contribution in [0.2, 0.25) is 0 Å². The molecule has 3 nitrogen and oxygen atoms in total. The normalized spacial score (nSPS) is 12.6. The molecule has 0 aliphatic rings. The fourth-order valence-electron chi connectivity index (χ4n) is 1.62. The Labute approximate surface area is 94.6 Å². The van der Waals surface area contributed by atoms with Crippen LogP contribution in [0.3, 0.4) is 0 Å². The molecule has 0 fully saturated rings. The quantitative estimate of drug-likeness (QED) is 0.828. The van der Waals surface area contributed by atoms with Gasteiger partial charge in [-0.1, -0.05) is 12.1 Å². The van der Waals surface area contributed by atoms with E-state index >= 15 is 0 Å². The number of aliphatic hydroxyl groups is 1. The maximum Gasteiger partial charge on any atom is 0.115 e. The van der Waals surface area contributed by atoms with Crippen LogP contribution < -0.4 is 0 Å². The van der Waals surface area contributed by atoms with Gasteiger partial charge in [-0.05, 0) is 36.2 Å². The molecule has 2 aromatic rings. The van der Waals surface area contributed by atoms with Crippen LogP contribution >= 0.6 is 0 Å². The minimum atomic E-state index is -0.430. The van der Waals surface area contributed by atoms with Crippen molar-refractivity contribution in [2.45, 2.75) is 19.6 Å². The van der Waals surface area contributed by atoms with E-state index in [0.717, 1.165) is 17.7 Å². The predicted molar refractivity (Wildman–Crippen MR) is 62.3 cm³/mol. The Morgan fingerprint density at radius 1 is 1.19 bits per heavy atom. The van der Waals surface area contributed by atoms with Gasteiger partial charge in [0, 0.05) is 18.9 Å². The Morgan fingerprint density at radius 2 is 1.88 bits per heavy atom. The minimum absolute atomic E-state index is 0.279. The average molecular weight is 217 g/mol. The van der Waals surface area contributed by atoms with E-state index in [4.69, 9.17) is 5.11 Å². The van der Waals surface area contributed by atoms with Crippen molar-refractivity contribution in [2.24, 2.45) is 0 Å². The standard InChI is InChI=1S/C13H15NO2/c1-10(15)12-6-7-14(9-12)8-11-2-4-13(16)5-3-11/h2-7,9-10,15-16H,8H2,1H3. The third kappa shape index (κ3) is 2.44. The summed E-state index contributed by atoms with van der Waals surface area (Å²) in [5.74, 6) is 0.279. The van der Waals surface area contributed by atoms with Crippen molar-refractivity contribution < 1.29 is 10.2 Å². The van der Waals surface area contributed by atoms with Gasteiger partial charge in [0.1, 0.15) is 5.75 Å². The van der Waals surface area contributed by atoms with E-state index in [1.54, 1.807) is 19.1 Å². The second-order valence-electron chi connectivity index (χ2n) is 3.96. The summed E-state index contributed by atoms with van der Waals surface area (Å²) in [6, 6.07) is 9.03. The number of hydrogen-bond acceptors (Lipinski definition) is 2. The number of benzene rings is 1. The topological polar surface area (TPSA) is 45.4 Å². The van der Waals surface area contributed by atoms with E-state index < -0.39 is 6.10 Å². The molecule has 1 atom stereocenters. The van der Waals surface area contributed by atoms with E-state index in [-0.39, 0.29) is 5.75 Å². The maximum atomic E-state index is 9.39. The molecule has 0 radical (unpaired) electrons. The first-order chi connectivity index (χ1) is 7.65. The molecule has 0 bridgehead atoms. The van der Waals surface area contributed by atoms with E-state index in [1.807, 2.05) is 35.2 Å². The largest absolute Gasteiger partial charge is 0.508 e. The summed E-state index contributed by atoms with van der Waals surface area (Å²) >= 11 is 0. The molecular formula is C13H15NO2. The summed E-state index contributed by atoms with van der Waals surface area (Å²) < 4.78 is 2.01. The second-order valence-corrected chi connectivity index (χ2v) is 3.96. The summed E-state index contributed by atoms with van der Waals surface area (Å²) in [5.41, 5.74) is 2.03. The van der Waals surface area contributed by atoms with Crippen molar-refractivity contribution >= 4 is 0 Å². The molecule has 0 spiro atoms. The Kier molecular flexibility index (Phi) is 2.97. The zero-order valence-corrected chi connectivity index (χ0v) is 9.17. The minimum Gasteiger partial charge on any atom is -0.508 e. The molecule has 84 valence electrons. The van der Waals surface area contributed by atoms with Gasteiger partial charge in [-0.2, -0.15) is 0 Å². The number of aliphatic hydroxyl groups excluding tert-OH is 1. The van der Waals surface area contributed by atoms with Crippen LogP contribution in [0, 0.1) is 0 Å². The van der Waals surface area contributed by atoms with Crippen LogP contribution in [0.25, 0.3) is 0 Å². The summed E-state index contributed by atoms with van der Waals surface area (Å²) in [4.78, 5) is 0. The number of aromatic hydroxyl groups is 1. The van der Waals surface area contributed by atoms with Gasteiger partial charge >= 0.3 is 0 Å². The number of phenols is 1. The summed E-state index contributed by atoms with van der Waals surface area (Å²) in [7, 11) is 0. The van der Waals surface area contributed by atoms with Crippen molar-refractivity contribution in [2.75, 3.05) is 0 Å². The SMILES string of the molecule is CC(O)c1ccn(Cc2ccc(O)cc2)c1. The molecule has 0 aliphatic carbocycles. The molecule has 1 aromatic carbocycles. The average Bonchev–Trinajstić information content (AvgIpc) is 2.70. The summed E-state index contributed by atoms with van der Waals surface area (Å²) in [6.45, 7) is 2.49. The fraction of sp³-hybridized carbons (Fsp3) is 0.231. The van der Waals surface area contributed by atoms with Crippen LogP contribution in [-0.4, -0.2) is 14.8 Å². The lowest BCUT2D eigenvalue weighted by Gasteiger charge is -2.04. The molecule has 0 saturated carbocycles. The molecule has 0 aliphatic heterocycles. The van der Waals surface area contributed by atoms with Gasteiger partial charge in [0.05, 0.1) is 6.10 Å². The third-order valence-corrected chi connectivity index (χ3v) is 2.56. The fourth-order valence-corrected chi connectivity index (χ4v) is 1.62. The van der Waals surface area contributed by atoms with Gasteiger partial charge in [-0.3, -0.25) is 0 Å². The summed E-state index contributed by atoms with van der Waals surface area (Å²) in [6.07, 6.45) is 3.44. The molecule has 16 heavy (non-hydrogen) atoms. The van der Waals surface area contributed by atoms with Gasteiger partial charge in [0.2, 0.25) is 0 Å². The van der Waals surface area contributed by atoms with Crippen LogP contribution in [0.15, 0.2) is 42.7 Å². The molecule has 3 heteroatoms. The Hall–Kier alpha value is -1.74. The van der Waals surface area contributed by atoms with Crippen LogP contribution in [0.4, 0.5) is 0 Å². The molecule has 0 saturated heterocycles. The molecule has 1 aromatic heterocycles. The lowest BCUT2D eigenvalue weighted by atomic mass is 10.2. The van der Waals surface area contributed by atoms with Crippen LogP contribution in [-0.2, 0) is 6.54 Å². The maximum absolute atomic E-state index is 9.39. The first-order valence-electron chi connectivity index (χ1n) is 5.27. The highest BCUT2D eigenvalue weighted by atomic mass is 16.3. The van der Waals surface area contributed by atoms with Crippen LogP contribution in [0.1, 0.15) is 24.2 Å². The zero-order chi connectivity index (χ0) is 11.5. The lowest BCUT2D eigenvalue weighted by Crippen LogP contribution is -1.96. The van der Waals surface area contributed by atoms with E-state index in [0.29, 0.717) is 0 Å². The molecular weight excluding hydrogens is 202 g/mol. The van der Waals surface area contributed by atoms with Gasteiger partial charge in [0.25, 0.3) is 0 Å². The molecule has 2 N–H and O–H groups in total. The summed E-state index contributed by atoms with van der Waals surface area (Å²) in [5, 5.41) is 18.6. The van der Waals surface area contributed by atoms with Gasteiger partial charge in [0.15, 0.2) is 0 Å². The van der Waals surface area contributed by atoms with Crippen molar-refractivity contribution in [3.8, 4) is 5.75 Å². The molecule has 0 amide bonds. The number of phenolic OH excluding ortho intramolecular Hbond substituents is 1. The van der Waals surface area contributed by atoms with Crippen LogP contribution in [0.5, 0.6) is 5.75 Å². The van der Waals surface area contributed by atoms with E-state index in [9.17, 15) is 5.11 Å². The van der Waals surface area contributed by atoms with Crippen molar-refractivity contribution in [1.82, 2.24) is 4.57 Å². The monoisotopic (exact) mass is 217 g/mol. The highest BCUT2D eigenvalue weighted by molar-refractivity contribution is 5.26. The highest BCUT2D eigenvalue weighted by Gasteiger charge is 2.02.